The summed E-state index contributed by atoms with van der Waals surface area (Å²) in [5.74, 6) is -0.319. The van der Waals surface area contributed by atoms with Crippen LogP contribution in [-0.2, 0) is 24.6 Å². The first-order valence-corrected chi connectivity index (χ1v) is 10.7. The van der Waals surface area contributed by atoms with Gasteiger partial charge in [0.2, 0.25) is 5.91 Å². The average molecular weight is 416 g/mol. The molecule has 4 aliphatic rings. The van der Waals surface area contributed by atoms with E-state index < -0.39 is 17.2 Å². The molecule has 0 radical (unpaired) electrons. The van der Waals surface area contributed by atoms with Gasteiger partial charge in [0.05, 0.1) is 31.0 Å². The number of nitrogens with one attached hydrogen (secondary N) is 2. The summed E-state index contributed by atoms with van der Waals surface area (Å²) in [5, 5.41) is 16.5. The molecule has 3 heterocycles. The second-order valence-electron chi connectivity index (χ2n) is 9.19. The topological polar surface area (TPSA) is 106 Å². The van der Waals surface area contributed by atoms with Gasteiger partial charge in [0.25, 0.3) is 5.91 Å². The summed E-state index contributed by atoms with van der Waals surface area (Å²) in [4.78, 5) is 25.4. The van der Waals surface area contributed by atoms with Crippen LogP contribution >= 0.6 is 0 Å². The molecule has 8 nitrogen and oxygen atoms in total. The van der Waals surface area contributed by atoms with Crippen LogP contribution in [0, 0.1) is 0 Å². The Labute approximate surface area is 175 Å². The van der Waals surface area contributed by atoms with E-state index in [0.717, 1.165) is 25.7 Å². The van der Waals surface area contributed by atoms with Crippen molar-refractivity contribution in [3.8, 4) is 0 Å². The van der Waals surface area contributed by atoms with E-state index >= 15 is 0 Å². The SMILES string of the molecule is O=C(NC1(CNC(=O)C2CCC3(CCOC3)O2)CC1)c1cccc(C2(O)COC2)c1. The molecule has 2 amide bonds. The number of carbonyl (C=O) groups excluding carboxylic acids is 2. The second-order valence-corrected chi connectivity index (χ2v) is 9.19. The lowest BCUT2D eigenvalue weighted by Crippen LogP contribution is -2.48. The first kappa shape index (κ1) is 19.9. The lowest BCUT2D eigenvalue weighted by molar-refractivity contribution is -0.184. The Morgan fingerprint density at radius 2 is 1.93 bits per heavy atom. The summed E-state index contributed by atoms with van der Waals surface area (Å²) in [6, 6.07) is 7.01. The van der Waals surface area contributed by atoms with Crippen LogP contribution in [0.1, 0.15) is 48.0 Å². The minimum atomic E-state index is -1.01. The highest BCUT2D eigenvalue weighted by molar-refractivity contribution is 5.95. The molecule has 5 rings (SSSR count). The fourth-order valence-corrected chi connectivity index (χ4v) is 4.47. The zero-order valence-electron chi connectivity index (χ0n) is 16.9. The first-order valence-electron chi connectivity index (χ1n) is 10.7. The molecule has 1 aromatic carbocycles. The third kappa shape index (κ3) is 3.73. The van der Waals surface area contributed by atoms with E-state index in [1.165, 1.54) is 0 Å². The van der Waals surface area contributed by atoms with Crippen molar-refractivity contribution in [1.29, 1.82) is 0 Å². The number of aliphatic hydroxyl groups is 1. The van der Waals surface area contributed by atoms with E-state index in [9.17, 15) is 14.7 Å². The number of hydrogen-bond donors (Lipinski definition) is 3. The normalized spacial score (nSPS) is 30.6. The summed E-state index contributed by atoms with van der Waals surface area (Å²) < 4.78 is 16.5. The van der Waals surface area contributed by atoms with Crippen LogP contribution < -0.4 is 10.6 Å². The Morgan fingerprint density at radius 3 is 2.60 bits per heavy atom. The van der Waals surface area contributed by atoms with Crippen molar-refractivity contribution in [3.63, 3.8) is 0 Å². The third-order valence-electron chi connectivity index (χ3n) is 6.79. The van der Waals surface area contributed by atoms with E-state index in [4.69, 9.17) is 14.2 Å². The smallest absolute Gasteiger partial charge is 0.251 e. The summed E-state index contributed by atoms with van der Waals surface area (Å²) >= 11 is 0. The van der Waals surface area contributed by atoms with E-state index in [1.807, 2.05) is 0 Å². The van der Waals surface area contributed by atoms with Gasteiger partial charge < -0.3 is 30.0 Å². The fraction of sp³-hybridized carbons (Fsp3) is 0.636. The van der Waals surface area contributed by atoms with Gasteiger partial charge in [0, 0.05) is 25.1 Å². The maximum atomic E-state index is 12.8. The van der Waals surface area contributed by atoms with E-state index in [0.29, 0.717) is 37.3 Å². The molecule has 3 aliphatic heterocycles. The van der Waals surface area contributed by atoms with Crippen LogP contribution in [-0.4, -0.2) is 67.1 Å². The Kier molecular flexibility index (Phi) is 4.85. The number of ether oxygens (including phenoxy) is 3. The average Bonchev–Trinajstić information content (AvgIpc) is 3.14. The first-order chi connectivity index (χ1) is 14.4. The van der Waals surface area contributed by atoms with E-state index in [1.54, 1.807) is 24.3 Å². The van der Waals surface area contributed by atoms with Gasteiger partial charge in [-0.2, -0.15) is 0 Å². The number of benzene rings is 1. The van der Waals surface area contributed by atoms with Crippen molar-refractivity contribution in [2.24, 2.45) is 0 Å². The van der Waals surface area contributed by atoms with Gasteiger partial charge in [-0.05, 0) is 43.4 Å². The number of rotatable bonds is 6. The molecular formula is C22H28N2O6. The van der Waals surface area contributed by atoms with Gasteiger partial charge in [0.15, 0.2) is 0 Å². The minimum absolute atomic E-state index is 0.117. The predicted octanol–water partition coefficient (Wildman–Crippen LogP) is 0.621. The van der Waals surface area contributed by atoms with E-state index in [2.05, 4.69) is 10.6 Å². The molecule has 30 heavy (non-hydrogen) atoms. The van der Waals surface area contributed by atoms with Crippen LogP contribution in [0.3, 0.4) is 0 Å². The molecule has 162 valence electrons. The molecule has 2 unspecified atom stereocenters. The maximum Gasteiger partial charge on any atom is 0.251 e. The van der Waals surface area contributed by atoms with Crippen molar-refractivity contribution in [2.75, 3.05) is 33.0 Å². The summed E-state index contributed by atoms with van der Waals surface area (Å²) in [7, 11) is 0. The number of amides is 2. The third-order valence-corrected chi connectivity index (χ3v) is 6.79. The summed E-state index contributed by atoms with van der Waals surface area (Å²) in [6.45, 7) is 2.12. The Hall–Kier alpha value is -2.00. The van der Waals surface area contributed by atoms with Gasteiger partial charge in [-0.3, -0.25) is 9.59 Å². The zero-order chi connectivity index (χ0) is 20.8. The fourth-order valence-electron chi connectivity index (χ4n) is 4.47. The Balaban J connectivity index is 1.15. The zero-order valence-corrected chi connectivity index (χ0v) is 16.9. The van der Waals surface area contributed by atoms with Crippen molar-refractivity contribution in [3.05, 3.63) is 35.4 Å². The Morgan fingerprint density at radius 1 is 1.10 bits per heavy atom. The molecule has 8 heteroatoms. The molecule has 0 bridgehead atoms. The molecular weight excluding hydrogens is 388 g/mol. The van der Waals surface area contributed by atoms with Crippen LogP contribution in [0.25, 0.3) is 0 Å². The molecule has 3 saturated heterocycles. The Bertz CT molecular complexity index is 842. The van der Waals surface area contributed by atoms with Gasteiger partial charge in [0.1, 0.15) is 11.7 Å². The van der Waals surface area contributed by atoms with Crippen molar-refractivity contribution in [2.45, 2.75) is 54.9 Å². The maximum absolute atomic E-state index is 12.8. The molecule has 1 aliphatic carbocycles. The van der Waals surface area contributed by atoms with Gasteiger partial charge in [-0.15, -0.1) is 0 Å². The van der Waals surface area contributed by atoms with Crippen molar-refractivity contribution in [1.82, 2.24) is 10.6 Å². The van der Waals surface area contributed by atoms with Gasteiger partial charge in [-0.1, -0.05) is 12.1 Å². The molecule has 1 spiro atoms. The van der Waals surface area contributed by atoms with Crippen LogP contribution in [0.5, 0.6) is 0 Å². The predicted molar refractivity (Wildman–Crippen MR) is 106 cm³/mol. The van der Waals surface area contributed by atoms with Crippen molar-refractivity contribution < 1.29 is 28.9 Å². The molecule has 1 aromatic rings. The van der Waals surface area contributed by atoms with Crippen LogP contribution in [0.4, 0.5) is 0 Å². The lowest BCUT2D eigenvalue weighted by atomic mass is 9.91. The summed E-state index contributed by atoms with van der Waals surface area (Å²) in [5.41, 5.74) is -0.527. The largest absolute Gasteiger partial charge is 0.380 e. The van der Waals surface area contributed by atoms with Gasteiger partial charge >= 0.3 is 0 Å². The van der Waals surface area contributed by atoms with Crippen molar-refractivity contribution >= 4 is 11.8 Å². The minimum Gasteiger partial charge on any atom is -0.380 e. The molecule has 3 N–H and O–H groups in total. The molecule has 2 atom stereocenters. The van der Waals surface area contributed by atoms with Gasteiger partial charge in [-0.25, -0.2) is 0 Å². The second kappa shape index (κ2) is 7.30. The van der Waals surface area contributed by atoms with E-state index in [-0.39, 0.29) is 30.6 Å². The quantitative estimate of drug-likeness (QED) is 0.628. The molecule has 4 fully saturated rings. The number of carbonyl (C=O) groups is 2. The highest BCUT2D eigenvalue weighted by atomic mass is 16.6. The lowest BCUT2D eigenvalue weighted by Gasteiger charge is -2.36. The molecule has 1 saturated carbocycles. The monoisotopic (exact) mass is 416 g/mol. The number of hydrogen-bond acceptors (Lipinski definition) is 6. The summed E-state index contributed by atoms with van der Waals surface area (Å²) in [6.07, 6.45) is 3.59. The van der Waals surface area contributed by atoms with Crippen LogP contribution in [0.15, 0.2) is 24.3 Å². The highest BCUT2D eigenvalue weighted by Gasteiger charge is 2.48. The molecule has 0 aromatic heterocycles. The van der Waals surface area contributed by atoms with Crippen LogP contribution in [0.2, 0.25) is 0 Å². The highest BCUT2D eigenvalue weighted by Crippen LogP contribution is 2.38. The standard InChI is InChI=1S/C22H28N2O6/c25-18(15-2-1-3-16(10-15)22(27)13-29-14-22)24-20(6-7-20)11-23-19(26)17-4-5-21(30-17)8-9-28-12-21/h1-3,10,17,27H,4-9,11-14H2,(H,23,26)(H,24,25).